The number of hydrogen-bond donors (Lipinski definition) is 1. The molecule has 1 aliphatic carbocycles. The summed E-state index contributed by atoms with van der Waals surface area (Å²) in [6, 6.07) is 7.26. The summed E-state index contributed by atoms with van der Waals surface area (Å²) in [7, 11) is 3.59. The Morgan fingerprint density at radius 3 is 2.65 bits per heavy atom. The standard InChI is InChI=1S/C18H24FN3O/c1-11(2)17-15(18(23-4)22(3)21-17)10-20-16-9-14(16)12-5-7-13(19)8-6-12/h5-8,11,14,16,20H,9-10H2,1-4H3/t14-,16+/m0/s1. The normalized spacial score (nSPS) is 20.1. The van der Waals surface area contributed by atoms with E-state index in [0.717, 1.165) is 30.1 Å². The lowest BCUT2D eigenvalue weighted by Crippen LogP contribution is -2.18. The molecule has 0 radical (unpaired) electrons. The van der Waals surface area contributed by atoms with Crippen molar-refractivity contribution in [3.8, 4) is 5.88 Å². The van der Waals surface area contributed by atoms with E-state index < -0.39 is 0 Å². The molecular weight excluding hydrogens is 293 g/mol. The van der Waals surface area contributed by atoms with E-state index in [-0.39, 0.29) is 5.82 Å². The van der Waals surface area contributed by atoms with Crippen molar-refractivity contribution in [2.45, 2.75) is 44.7 Å². The first-order valence-electron chi connectivity index (χ1n) is 8.09. The minimum atomic E-state index is -0.180. The Kier molecular flexibility index (Phi) is 4.39. The quantitative estimate of drug-likeness (QED) is 0.888. The molecule has 0 bridgehead atoms. The Bertz CT molecular complexity index is 678. The highest BCUT2D eigenvalue weighted by molar-refractivity contribution is 5.34. The molecule has 4 nitrogen and oxygen atoms in total. The first-order valence-corrected chi connectivity index (χ1v) is 8.09. The van der Waals surface area contributed by atoms with Gasteiger partial charge in [-0.3, -0.25) is 0 Å². The van der Waals surface area contributed by atoms with Gasteiger partial charge in [-0.15, -0.1) is 0 Å². The van der Waals surface area contributed by atoms with Gasteiger partial charge in [0.1, 0.15) is 5.82 Å². The molecule has 5 heteroatoms. The Morgan fingerprint density at radius 2 is 2.04 bits per heavy atom. The van der Waals surface area contributed by atoms with E-state index in [1.54, 1.807) is 11.8 Å². The molecule has 1 aliphatic rings. The lowest BCUT2D eigenvalue weighted by Gasteiger charge is -2.09. The number of rotatable bonds is 6. The molecule has 1 N–H and O–H groups in total. The molecule has 1 aromatic heterocycles. The molecule has 2 aromatic rings. The lowest BCUT2D eigenvalue weighted by atomic mass is 10.1. The predicted molar refractivity (Wildman–Crippen MR) is 88.2 cm³/mol. The third-order valence-electron chi connectivity index (χ3n) is 4.49. The third-order valence-corrected chi connectivity index (χ3v) is 4.49. The van der Waals surface area contributed by atoms with Gasteiger partial charge in [0.05, 0.1) is 18.4 Å². The van der Waals surface area contributed by atoms with E-state index in [2.05, 4.69) is 24.3 Å². The smallest absolute Gasteiger partial charge is 0.216 e. The fraction of sp³-hybridized carbons (Fsp3) is 0.500. The van der Waals surface area contributed by atoms with Gasteiger partial charge in [0.15, 0.2) is 0 Å². The summed E-state index contributed by atoms with van der Waals surface area (Å²) < 4.78 is 20.3. The Hall–Kier alpha value is -1.88. The molecule has 1 heterocycles. The average molecular weight is 317 g/mol. The topological polar surface area (TPSA) is 39.1 Å². The van der Waals surface area contributed by atoms with Crippen LogP contribution in [0.5, 0.6) is 5.88 Å². The van der Waals surface area contributed by atoms with Gasteiger partial charge in [-0.05, 0) is 30.0 Å². The summed E-state index contributed by atoms with van der Waals surface area (Å²) >= 11 is 0. The van der Waals surface area contributed by atoms with Crippen LogP contribution in [0, 0.1) is 5.82 Å². The van der Waals surface area contributed by atoms with E-state index in [1.807, 2.05) is 19.2 Å². The van der Waals surface area contributed by atoms with Gasteiger partial charge >= 0.3 is 0 Å². The van der Waals surface area contributed by atoms with Gasteiger partial charge in [-0.1, -0.05) is 26.0 Å². The Labute approximate surface area is 136 Å². The molecule has 0 saturated heterocycles. The summed E-state index contributed by atoms with van der Waals surface area (Å²) in [5.74, 6) is 1.47. The van der Waals surface area contributed by atoms with Crippen LogP contribution in [0.4, 0.5) is 4.39 Å². The molecule has 1 saturated carbocycles. The number of benzene rings is 1. The maximum absolute atomic E-state index is 13.0. The molecule has 1 aromatic carbocycles. The summed E-state index contributed by atoms with van der Waals surface area (Å²) in [5, 5.41) is 8.17. The van der Waals surface area contributed by atoms with Crippen molar-refractivity contribution >= 4 is 0 Å². The first kappa shape index (κ1) is 16.0. The number of halogens is 1. The van der Waals surface area contributed by atoms with E-state index in [4.69, 9.17) is 4.74 Å². The highest BCUT2D eigenvalue weighted by atomic mass is 19.1. The van der Waals surface area contributed by atoms with Crippen molar-refractivity contribution in [3.63, 3.8) is 0 Å². The molecule has 0 unspecified atom stereocenters. The van der Waals surface area contributed by atoms with Gasteiger partial charge in [-0.2, -0.15) is 5.10 Å². The number of aryl methyl sites for hydroxylation is 1. The zero-order valence-electron chi connectivity index (χ0n) is 14.1. The van der Waals surface area contributed by atoms with E-state index >= 15 is 0 Å². The third kappa shape index (κ3) is 3.24. The maximum Gasteiger partial charge on any atom is 0.216 e. The molecular formula is C18H24FN3O. The van der Waals surface area contributed by atoms with Crippen LogP contribution in [0.1, 0.15) is 48.9 Å². The zero-order chi connectivity index (χ0) is 16.6. The maximum atomic E-state index is 13.0. The van der Waals surface area contributed by atoms with E-state index in [0.29, 0.717) is 17.9 Å². The highest BCUT2D eigenvalue weighted by Gasteiger charge is 2.38. The number of hydrogen-bond acceptors (Lipinski definition) is 3. The minimum absolute atomic E-state index is 0.180. The highest BCUT2D eigenvalue weighted by Crippen LogP contribution is 2.41. The lowest BCUT2D eigenvalue weighted by molar-refractivity contribution is 0.368. The SMILES string of the molecule is COc1c(CN[C@@H]2C[C@H]2c2ccc(F)cc2)c(C(C)C)nn1C. The average Bonchev–Trinajstić information content (AvgIpc) is 3.22. The van der Waals surface area contributed by atoms with Crippen LogP contribution >= 0.6 is 0 Å². The summed E-state index contributed by atoms with van der Waals surface area (Å²) in [5.41, 5.74) is 3.41. The number of aromatic nitrogens is 2. The number of ether oxygens (including phenoxy) is 1. The summed E-state index contributed by atoms with van der Waals surface area (Å²) in [4.78, 5) is 0. The number of methoxy groups -OCH3 is 1. The minimum Gasteiger partial charge on any atom is -0.481 e. The Balaban J connectivity index is 1.67. The molecule has 124 valence electrons. The first-order chi connectivity index (χ1) is 11.0. The van der Waals surface area contributed by atoms with Gasteiger partial charge in [0.25, 0.3) is 0 Å². The fourth-order valence-electron chi connectivity index (χ4n) is 3.19. The molecule has 0 amide bonds. The van der Waals surface area contributed by atoms with Crippen molar-refractivity contribution in [2.24, 2.45) is 7.05 Å². The second-order valence-electron chi connectivity index (χ2n) is 6.53. The molecule has 0 spiro atoms. The van der Waals surface area contributed by atoms with Crippen LogP contribution in [-0.4, -0.2) is 22.9 Å². The van der Waals surface area contributed by atoms with Crippen molar-refractivity contribution in [1.29, 1.82) is 0 Å². The second kappa shape index (κ2) is 6.32. The van der Waals surface area contributed by atoms with Crippen molar-refractivity contribution in [2.75, 3.05) is 7.11 Å². The fourth-order valence-corrected chi connectivity index (χ4v) is 3.19. The van der Waals surface area contributed by atoms with Crippen molar-refractivity contribution in [3.05, 3.63) is 46.9 Å². The van der Waals surface area contributed by atoms with Crippen LogP contribution in [-0.2, 0) is 13.6 Å². The molecule has 1 fully saturated rings. The number of nitrogens with one attached hydrogen (secondary N) is 1. The van der Waals surface area contributed by atoms with Crippen molar-refractivity contribution < 1.29 is 9.13 Å². The van der Waals surface area contributed by atoms with Crippen molar-refractivity contribution in [1.82, 2.24) is 15.1 Å². The molecule has 2 atom stereocenters. The second-order valence-corrected chi connectivity index (χ2v) is 6.53. The molecule has 3 rings (SSSR count). The van der Waals surface area contributed by atoms with Gasteiger partial charge in [0.2, 0.25) is 5.88 Å². The largest absolute Gasteiger partial charge is 0.481 e. The van der Waals surface area contributed by atoms with E-state index in [1.165, 1.54) is 17.7 Å². The monoisotopic (exact) mass is 317 g/mol. The zero-order valence-corrected chi connectivity index (χ0v) is 14.1. The molecule has 23 heavy (non-hydrogen) atoms. The number of nitrogens with zero attached hydrogens (tertiary/aromatic N) is 2. The van der Waals surface area contributed by atoms with Gasteiger partial charge in [0, 0.05) is 25.6 Å². The summed E-state index contributed by atoms with van der Waals surface area (Å²) in [6.45, 7) is 5.03. The summed E-state index contributed by atoms with van der Waals surface area (Å²) in [6.07, 6.45) is 1.09. The van der Waals surface area contributed by atoms with Crippen LogP contribution in [0.25, 0.3) is 0 Å². The van der Waals surface area contributed by atoms with Gasteiger partial charge < -0.3 is 10.1 Å². The molecule has 0 aliphatic heterocycles. The van der Waals surface area contributed by atoms with E-state index in [9.17, 15) is 4.39 Å². The predicted octanol–water partition coefficient (Wildman–Crippen LogP) is 3.34. The van der Waals surface area contributed by atoms with Crippen LogP contribution in [0.15, 0.2) is 24.3 Å². The van der Waals surface area contributed by atoms with Gasteiger partial charge in [-0.25, -0.2) is 9.07 Å². The van der Waals surface area contributed by atoms with Crippen LogP contribution in [0.2, 0.25) is 0 Å². The van der Waals surface area contributed by atoms with Crippen LogP contribution < -0.4 is 10.1 Å². The Morgan fingerprint density at radius 1 is 1.35 bits per heavy atom. The van der Waals surface area contributed by atoms with Crippen LogP contribution in [0.3, 0.4) is 0 Å².